The number of nitrogens with zero attached hydrogens (tertiary/aromatic N) is 1. The molecule has 2 aromatic rings. The number of carbonyl (C=O) groups is 1. The van der Waals surface area contributed by atoms with Gasteiger partial charge in [0.05, 0.1) is 17.9 Å². The van der Waals surface area contributed by atoms with Gasteiger partial charge in [0.25, 0.3) is 0 Å². The van der Waals surface area contributed by atoms with E-state index in [0.29, 0.717) is 12.2 Å². The van der Waals surface area contributed by atoms with Crippen molar-refractivity contribution in [1.82, 2.24) is 0 Å². The number of hydrogen-bond acceptors (Lipinski definition) is 3. The van der Waals surface area contributed by atoms with Gasteiger partial charge in [-0.15, -0.1) is 0 Å². The van der Waals surface area contributed by atoms with Crippen molar-refractivity contribution in [3.05, 3.63) is 65.7 Å². The lowest BCUT2D eigenvalue weighted by Gasteiger charge is -2.05. The molecule has 2 rings (SSSR count). The molecule has 2 aromatic carbocycles. The van der Waals surface area contributed by atoms with Crippen molar-refractivity contribution in [3.8, 4) is 0 Å². The molecule has 0 spiro atoms. The lowest BCUT2D eigenvalue weighted by Crippen LogP contribution is -2.07. The van der Waals surface area contributed by atoms with Crippen LogP contribution in [0.15, 0.2) is 59.6 Å². The molecule has 0 heterocycles. The van der Waals surface area contributed by atoms with E-state index < -0.39 is 0 Å². The largest absolute Gasteiger partial charge is 0.462 e. The number of carbonyl (C=O) groups excluding carboxylic acids is 1. The summed E-state index contributed by atoms with van der Waals surface area (Å²) < 4.78 is 5.31. The number of rotatable bonds is 8. The highest BCUT2D eigenvalue weighted by molar-refractivity contribution is 5.89. The van der Waals surface area contributed by atoms with Gasteiger partial charge in [0.15, 0.2) is 0 Å². The Morgan fingerprint density at radius 3 is 2.74 bits per heavy atom. The standard InChI is InChI=1S/C20H23NO2/c1-2-9-17-10-8-11-18(16-17)20(22)23-15-7-6-14-21-19-12-4-3-5-13-19/h3-5,8,10-14,16H,2,6-7,9,15H2,1H3. The highest BCUT2D eigenvalue weighted by atomic mass is 16.5. The van der Waals surface area contributed by atoms with Gasteiger partial charge in [0, 0.05) is 6.21 Å². The maximum atomic E-state index is 12.0. The second-order valence-corrected chi connectivity index (χ2v) is 5.38. The SMILES string of the molecule is CCCc1cccc(C(=O)OCCCC=Nc2ccccc2)c1. The Bertz CT molecular complexity index is 635. The Morgan fingerprint density at radius 2 is 1.96 bits per heavy atom. The summed E-state index contributed by atoms with van der Waals surface area (Å²) in [4.78, 5) is 16.3. The van der Waals surface area contributed by atoms with Gasteiger partial charge in [0.1, 0.15) is 0 Å². The molecule has 0 saturated carbocycles. The van der Waals surface area contributed by atoms with Gasteiger partial charge < -0.3 is 4.74 Å². The van der Waals surface area contributed by atoms with E-state index in [1.54, 1.807) is 6.07 Å². The van der Waals surface area contributed by atoms with Crippen molar-refractivity contribution in [2.45, 2.75) is 32.6 Å². The van der Waals surface area contributed by atoms with Crippen LogP contribution in [0.4, 0.5) is 5.69 Å². The number of para-hydroxylation sites is 1. The van der Waals surface area contributed by atoms with Crippen LogP contribution in [0.1, 0.15) is 42.1 Å². The quantitative estimate of drug-likeness (QED) is 0.392. The molecule has 3 heteroatoms. The minimum Gasteiger partial charge on any atom is -0.462 e. The Morgan fingerprint density at radius 1 is 1.13 bits per heavy atom. The van der Waals surface area contributed by atoms with Crippen molar-refractivity contribution < 1.29 is 9.53 Å². The van der Waals surface area contributed by atoms with Crippen LogP contribution in [0, 0.1) is 0 Å². The zero-order valence-corrected chi connectivity index (χ0v) is 13.6. The van der Waals surface area contributed by atoms with Gasteiger partial charge in [-0.1, -0.05) is 43.7 Å². The summed E-state index contributed by atoms with van der Waals surface area (Å²) in [6, 6.07) is 17.5. The van der Waals surface area contributed by atoms with E-state index in [0.717, 1.165) is 31.4 Å². The molecular formula is C20H23NO2. The molecule has 0 aromatic heterocycles. The third kappa shape index (κ3) is 6.07. The molecule has 0 unspecified atom stereocenters. The highest BCUT2D eigenvalue weighted by Gasteiger charge is 2.07. The Hall–Kier alpha value is -2.42. The molecule has 120 valence electrons. The smallest absolute Gasteiger partial charge is 0.338 e. The average molecular weight is 309 g/mol. The number of unbranched alkanes of at least 4 members (excludes halogenated alkanes) is 1. The van der Waals surface area contributed by atoms with E-state index in [4.69, 9.17) is 4.74 Å². The van der Waals surface area contributed by atoms with Crippen LogP contribution in [0.3, 0.4) is 0 Å². The third-order valence-corrected chi connectivity index (χ3v) is 3.41. The van der Waals surface area contributed by atoms with Gasteiger partial charge in [-0.05, 0) is 49.1 Å². The van der Waals surface area contributed by atoms with Gasteiger partial charge >= 0.3 is 5.97 Å². The number of esters is 1. The van der Waals surface area contributed by atoms with E-state index in [1.807, 2.05) is 54.7 Å². The Kier molecular flexibility index (Phi) is 7.05. The topological polar surface area (TPSA) is 38.7 Å². The molecule has 0 aliphatic rings. The first-order valence-electron chi connectivity index (χ1n) is 8.13. The number of aryl methyl sites for hydroxylation is 1. The predicted octanol–water partition coefficient (Wildman–Crippen LogP) is 4.98. The molecule has 0 bridgehead atoms. The number of aliphatic imine (C=N–C) groups is 1. The molecule has 0 N–H and O–H groups in total. The van der Waals surface area contributed by atoms with Gasteiger partial charge in [-0.3, -0.25) is 4.99 Å². The molecule has 0 fully saturated rings. The Balaban J connectivity index is 1.70. The first kappa shape index (κ1) is 16.9. The zero-order chi connectivity index (χ0) is 16.3. The van der Waals surface area contributed by atoms with Crippen molar-refractivity contribution >= 4 is 17.9 Å². The second-order valence-electron chi connectivity index (χ2n) is 5.38. The van der Waals surface area contributed by atoms with Crippen LogP contribution < -0.4 is 0 Å². The highest BCUT2D eigenvalue weighted by Crippen LogP contribution is 2.10. The lowest BCUT2D eigenvalue weighted by molar-refractivity contribution is 0.0502. The molecule has 23 heavy (non-hydrogen) atoms. The molecule has 0 atom stereocenters. The van der Waals surface area contributed by atoms with E-state index in [2.05, 4.69) is 11.9 Å². The monoisotopic (exact) mass is 309 g/mol. The van der Waals surface area contributed by atoms with Crippen molar-refractivity contribution in [1.29, 1.82) is 0 Å². The minimum atomic E-state index is -0.247. The summed E-state index contributed by atoms with van der Waals surface area (Å²) >= 11 is 0. The fourth-order valence-electron chi connectivity index (χ4n) is 2.25. The van der Waals surface area contributed by atoms with E-state index in [1.165, 1.54) is 5.56 Å². The summed E-state index contributed by atoms with van der Waals surface area (Å²) in [6.45, 7) is 2.54. The van der Waals surface area contributed by atoms with Gasteiger partial charge in [0.2, 0.25) is 0 Å². The fourth-order valence-corrected chi connectivity index (χ4v) is 2.25. The number of benzene rings is 2. The first-order chi connectivity index (χ1) is 11.3. The summed E-state index contributed by atoms with van der Waals surface area (Å²) in [7, 11) is 0. The summed E-state index contributed by atoms with van der Waals surface area (Å²) in [5, 5.41) is 0. The lowest BCUT2D eigenvalue weighted by atomic mass is 10.1. The average Bonchev–Trinajstić information content (AvgIpc) is 2.59. The normalized spacial score (nSPS) is 10.8. The van der Waals surface area contributed by atoms with Crippen molar-refractivity contribution in [2.24, 2.45) is 4.99 Å². The summed E-state index contributed by atoms with van der Waals surface area (Å²) in [5.41, 5.74) is 2.75. The van der Waals surface area contributed by atoms with Crippen LogP contribution in [-0.4, -0.2) is 18.8 Å². The van der Waals surface area contributed by atoms with E-state index in [-0.39, 0.29) is 5.97 Å². The molecular weight excluding hydrogens is 286 g/mol. The molecule has 0 radical (unpaired) electrons. The first-order valence-corrected chi connectivity index (χ1v) is 8.13. The maximum Gasteiger partial charge on any atom is 0.338 e. The summed E-state index contributed by atoms with van der Waals surface area (Å²) in [5.74, 6) is -0.247. The van der Waals surface area contributed by atoms with Crippen LogP contribution in [-0.2, 0) is 11.2 Å². The molecule has 0 aliphatic carbocycles. The van der Waals surface area contributed by atoms with Crippen molar-refractivity contribution in [2.75, 3.05) is 6.61 Å². The number of ether oxygens (including phenoxy) is 1. The van der Waals surface area contributed by atoms with Gasteiger partial charge in [-0.2, -0.15) is 0 Å². The molecule has 0 saturated heterocycles. The van der Waals surface area contributed by atoms with E-state index >= 15 is 0 Å². The predicted molar refractivity (Wildman–Crippen MR) is 94.5 cm³/mol. The van der Waals surface area contributed by atoms with Crippen LogP contribution in [0.2, 0.25) is 0 Å². The zero-order valence-electron chi connectivity index (χ0n) is 13.6. The van der Waals surface area contributed by atoms with E-state index in [9.17, 15) is 4.79 Å². The van der Waals surface area contributed by atoms with Gasteiger partial charge in [-0.25, -0.2) is 4.79 Å². The summed E-state index contributed by atoms with van der Waals surface area (Å²) in [6.07, 6.45) is 5.48. The molecule has 0 amide bonds. The third-order valence-electron chi connectivity index (χ3n) is 3.41. The van der Waals surface area contributed by atoms with Crippen LogP contribution >= 0.6 is 0 Å². The Labute approximate surface area is 138 Å². The van der Waals surface area contributed by atoms with Crippen LogP contribution in [0.5, 0.6) is 0 Å². The second kappa shape index (κ2) is 9.57. The molecule has 0 aliphatic heterocycles. The fraction of sp³-hybridized carbons (Fsp3) is 0.300. The van der Waals surface area contributed by atoms with Crippen LogP contribution in [0.25, 0.3) is 0 Å². The molecule has 3 nitrogen and oxygen atoms in total. The van der Waals surface area contributed by atoms with Crippen molar-refractivity contribution in [3.63, 3.8) is 0 Å². The number of hydrogen-bond donors (Lipinski definition) is 0. The maximum absolute atomic E-state index is 12.0. The minimum absolute atomic E-state index is 0.247.